The van der Waals surface area contributed by atoms with Crippen LogP contribution in [0.2, 0.25) is 0 Å². The molecule has 2 bridgehead atoms. The molecule has 6 heteroatoms. The molecule has 0 radical (unpaired) electrons. The number of aryl methyl sites for hydroxylation is 1. The van der Waals surface area contributed by atoms with E-state index in [1.54, 1.807) is 11.3 Å². The first-order valence-corrected chi connectivity index (χ1v) is 9.25. The maximum Gasteiger partial charge on any atom is 0.189 e. The monoisotopic (exact) mass is 330 g/mol. The van der Waals surface area contributed by atoms with Crippen LogP contribution in [-0.4, -0.2) is 48.0 Å². The lowest BCUT2D eigenvalue weighted by Gasteiger charge is -2.50. The standard InChI is InChI=1S/C17H22N4OS/c1-11-3-2-4-13-14(11)19-16(23-13)21-10-17(22-15(21)18)9-20-7-5-12(17)6-8-20/h2-4,12,15H,5-10,18H2,1H3. The summed E-state index contributed by atoms with van der Waals surface area (Å²) in [4.78, 5) is 9.55. The minimum atomic E-state index is -0.378. The molecule has 1 spiro atoms. The summed E-state index contributed by atoms with van der Waals surface area (Å²) in [7, 11) is 0. The van der Waals surface area contributed by atoms with E-state index in [0.29, 0.717) is 5.92 Å². The van der Waals surface area contributed by atoms with Crippen molar-refractivity contribution < 1.29 is 4.74 Å². The highest BCUT2D eigenvalue weighted by atomic mass is 32.1. The van der Waals surface area contributed by atoms with E-state index in [4.69, 9.17) is 15.5 Å². The van der Waals surface area contributed by atoms with Crippen LogP contribution in [0.25, 0.3) is 10.2 Å². The van der Waals surface area contributed by atoms with E-state index in [9.17, 15) is 0 Å². The molecule has 4 fully saturated rings. The number of thiazole rings is 1. The number of ether oxygens (including phenoxy) is 1. The van der Waals surface area contributed by atoms with Gasteiger partial charge in [0.1, 0.15) is 5.60 Å². The van der Waals surface area contributed by atoms with Gasteiger partial charge in [0.15, 0.2) is 11.5 Å². The summed E-state index contributed by atoms with van der Waals surface area (Å²) in [5, 5.41) is 0.995. The molecule has 4 saturated heterocycles. The number of nitrogens with two attached hydrogens (primary N) is 1. The van der Waals surface area contributed by atoms with Crippen LogP contribution in [0, 0.1) is 12.8 Å². The van der Waals surface area contributed by atoms with E-state index < -0.39 is 0 Å². The molecular formula is C17H22N4OS. The van der Waals surface area contributed by atoms with Gasteiger partial charge in [-0.2, -0.15) is 0 Å². The first-order chi connectivity index (χ1) is 11.1. The van der Waals surface area contributed by atoms with Gasteiger partial charge in [0.05, 0.1) is 16.8 Å². The van der Waals surface area contributed by atoms with Crippen molar-refractivity contribution >= 4 is 26.7 Å². The molecule has 4 aliphatic heterocycles. The van der Waals surface area contributed by atoms with Gasteiger partial charge in [-0.1, -0.05) is 23.5 Å². The molecule has 0 amide bonds. The number of anilines is 1. The maximum atomic E-state index is 6.36. The van der Waals surface area contributed by atoms with E-state index in [0.717, 1.165) is 23.7 Å². The Hall–Kier alpha value is -1.21. The fraction of sp³-hybridized carbons (Fsp3) is 0.588. The lowest BCUT2D eigenvalue weighted by atomic mass is 9.75. The van der Waals surface area contributed by atoms with E-state index in [1.807, 2.05) is 0 Å². The van der Waals surface area contributed by atoms with Crippen LogP contribution >= 0.6 is 11.3 Å². The molecule has 2 atom stereocenters. The summed E-state index contributed by atoms with van der Waals surface area (Å²) in [6.45, 7) is 6.43. The van der Waals surface area contributed by atoms with Crippen LogP contribution in [-0.2, 0) is 4.74 Å². The molecule has 2 unspecified atom stereocenters. The molecule has 1 aromatic carbocycles. The van der Waals surface area contributed by atoms with Crippen LogP contribution in [0.3, 0.4) is 0 Å². The highest BCUT2D eigenvalue weighted by Crippen LogP contribution is 2.44. The third kappa shape index (κ3) is 2.05. The molecule has 5 nitrogen and oxygen atoms in total. The van der Waals surface area contributed by atoms with Gasteiger partial charge in [-0.05, 0) is 50.4 Å². The number of hydrogen-bond acceptors (Lipinski definition) is 6. The number of aromatic nitrogens is 1. The molecule has 1 aromatic heterocycles. The van der Waals surface area contributed by atoms with Crippen LogP contribution in [0.4, 0.5) is 5.13 Å². The van der Waals surface area contributed by atoms with Crippen LogP contribution < -0.4 is 10.6 Å². The summed E-state index contributed by atoms with van der Waals surface area (Å²) in [6.07, 6.45) is 2.09. The molecule has 5 heterocycles. The number of benzene rings is 1. The first kappa shape index (κ1) is 14.2. The van der Waals surface area contributed by atoms with Gasteiger partial charge < -0.3 is 14.5 Å². The van der Waals surface area contributed by atoms with Crippen molar-refractivity contribution in [3.05, 3.63) is 23.8 Å². The van der Waals surface area contributed by atoms with Crippen molar-refractivity contribution in [3.8, 4) is 0 Å². The molecule has 6 rings (SSSR count). The van der Waals surface area contributed by atoms with E-state index >= 15 is 0 Å². The van der Waals surface area contributed by atoms with Gasteiger partial charge in [0.2, 0.25) is 0 Å². The average molecular weight is 330 g/mol. The number of piperidine rings is 3. The fourth-order valence-corrected chi connectivity index (χ4v) is 5.60. The van der Waals surface area contributed by atoms with Crippen LogP contribution in [0.5, 0.6) is 0 Å². The van der Waals surface area contributed by atoms with Crippen molar-refractivity contribution in [3.63, 3.8) is 0 Å². The zero-order valence-corrected chi connectivity index (χ0v) is 14.2. The zero-order valence-electron chi connectivity index (χ0n) is 13.4. The Kier molecular flexibility index (Phi) is 3.01. The van der Waals surface area contributed by atoms with Crippen molar-refractivity contribution in [2.24, 2.45) is 11.7 Å². The predicted octanol–water partition coefficient (Wildman–Crippen LogP) is 2.15. The molecule has 0 aliphatic carbocycles. The third-order valence-corrected chi connectivity index (χ3v) is 6.84. The van der Waals surface area contributed by atoms with Gasteiger partial charge >= 0.3 is 0 Å². The Bertz CT molecular complexity index is 754. The SMILES string of the molecule is Cc1cccc2sc(N3CC4(CN5CCC4CC5)OC3N)nc12. The smallest absolute Gasteiger partial charge is 0.189 e. The molecule has 0 saturated carbocycles. The lowest BCUT2D eigenvalue weighted by molar-refractivity contribution is -0.137. The second-order valence-electron chi connectivity index (χ2n) is 7.17. The summed E-state index contributed by atoms with van der Waals surface area (Å²) in [5.74, 6) is 0.639. The Labute approximate surface area is 140 Å². The molecule has 122 valence electrons. The highest BCUT2D eigenvalue weighted by molar-refractivity contribution is 7.22. The average Bonchev–Trinajstić information content (AvgIpc) is 3.11. The normalized spacial score (nSPS) is 36.4. The summed E-state index contributed by atoms with van der Waals surface area (Å²) in [6, 6.07) is 6.34. The molecular weight excluding hydrogens is 308 g/mol. The third-order valence-electron chi connectivity index (χ3n) is 5.78. The van der Waals surface area contributed by atoms with Gasteiger partial charge in [-0.15, -0.1) is 0 Å². The van der Waals surface area contributed by atoms with Crippen molar-refractivity contribution in [1.82, 2.24) is 9.88 Å². The number of hydrogen-bond donors (Lipinski definition) is 1. The minimum absolute atomic E-state index is 0.0944. The van der Waals surface area contributed by atoms with Gasteiger partial charge in [-0.25, -0.2) is 4.98 Å². The first-order valence-electron chi connectivity index (χ1n) is 8.43. The Morgan fingerprint density at radius 3 is 2.83 bits per heavy atom. The number of nitrogens with zero attached hydrogens (tertiary/aromatic N) is 3. The van der Waals surface area contributed by atoms with Gasteiger partial charge in [0.25, 0.3) is 0 Å². The van der Waals surface area contributed by atoms with Crippen molar-refractivity contribution in [2.75, 3.05) is 31.1 Å². The summed E-state index contributed by atoms with van der Waals surface area (Å²) in [5.41, 5.74) is 8.58. The van der Waals surface area contributed by atoms with Crippen LogP contribution in [0.15, 0.2) is 18.2 Å². The van der Waals surface area contributed by atoms with Crippen LogP contribution in [0.1, 0.15) is 18.4 Å². The topological polar surface area (TPSA) is 54.6 Å². The molecule has 2 aromatic rings. The minimum Gasteiger partial charge on any atom is -0.335 e. The van der Waals surface area contributed by atoms with Gasteiger partial charge in [-0.3, -0.25) is 5.73 Å². The molecule has 23 heavy (non-hydrogen) atoms. The molecule has 2 N–H and O–H groups in total. The Morgan fingerprint density at radius 2 is 2.13 bits per heavy atom. The van der Waals surface area contributed by atoms with Gasteiger partial charge in [0, 0.05) is 6.54 Å². The Balaban J connectivity index is 1.50. The molecule has 4 aliphatic rings. The van der Waals surface area contributed by atoms with Crippen molar-refractivity contribution in [1.29, 1.82) is 0 Å². The van der Waals surface area contributed by atoms with Crippen molar-refractivity contribution in [2.45, 2.75) is 31.7 Å². The van der Waals surface area contributed by atoms with E-state index in [-0.39, 0.29) is 12.0 Å². The Morgan fingerprint density at radius 1 is 1.30 bits per heavy atom. The largest absolute Gasteiger partial charge is 0.335 e. The predicted molar refractivity (Wildman–Crippen MR) is 92.7 cm³/mol. The number of fused-ring (bicyclic) bond motifs is 3. The number of rotatable bonds is 1. The zero-order chi connectivity index (χ0) is 15.6. The highest BCUT2D eigenvalue weighted by Gasteiger charge is 2.54. The fourth-order valence-electron chi connectivity index (χ4n) is 4.53. The second kappa shape index (κ2) is 4.89. The quantitative estimate of drug-likeness (QED) is 0.868. The summed E-state index contributed by atoms with van der Waals surface area (Å²) < 4.78 is 7.57. The summed E-state index contributed by atoms with van der Waals surface area (Å²) >= 11 is 1.72. The second-order valence-corrected chi connectivity index (χ2v) is 8.18. The number of para-hydroxylation sites is 1. The van der Waals surface area contributed by atoms with E-state index in [1.165, 1.54) is 36.2 Å². The maximum absolute atomic E-state index is 6.36. The van der Waals surface area contributed by atoms with E-state index in [2.05, 4.69) is 34.9 Å². The lowest BCUT2D eigenvalue weighted by Crippen LogP contribution is -2.61.